The Morgan fingerprint density at radius 1 is 0.214 bits per heavy atom. The van der Waals surface area contributed by atoms with Crippen LogP contribution in [0.25, 0.3) is 0 Å². The number of hydrogen-bond donors (Lipinski definition) is 4. The van der Waals surface area contributed by atoms with Crippen LogP contribution in [0.15, 0.2) is 350 Å². The molecular formula is C87H79F2N3O19S6. The standard InChI is InChI=1S/C46H44N2O10S3.C36H24F2O8S3.C5H11NO/c49-59(50,41-13-1-33(2-14-41)55-35-5-17-43(18-6-35)60(51,52)45-21-9-37(10-22-45)57-39-25-29-47-30-26-39)42-15-3-34(4-16-42)56-36-7-19-44(20-8-36)61(53,54)46-23-11-38(12-24-46)58-40-27-31-48-32-28-40;37-25-1-13-31(14-2-25)47(39,40)33-17-5-27(6-18-33)45-29-9-21-35(22-10-29)49(43,44)36-23-11-30(12-24-36)46-28-7-19-34(20-8-28)48(41,42)32-15-3-26(38)4-16-32;7-5-1-3-6-4-2-5/h1-24,39-40,47-48H,25-32H2;1-24H;5-7H,1-4H2. The van der Waals surface area contributed by atoms with Crippen LogP contribution in [0.3, 0.4) is 0 Å². The summed E-state index contributed by atoms with van der Waals surface area (Å²) in [7, 11) is -23.1. The number of ether oxygens (including phenoxy) is 6. The lowest BCUT2D eigenvalue weighted by Gasteiger charge is -2.23. The van der Waals surface area contributed by atoms with Crippen molar-refractivity contribution in [2.75, 3.05) is 39.3 Å². The quantitative estimate of drug-likeness (QED) is 0.0408. The summed E-state index contributed by atoms with van der Waals surface area (Å²) in [5.41, 5.74) is 0. The van der Waals surface area contributed by atoms with Crippen LogP contribution >= 0.6 is 0 Å². The number of aliphatic hydroxyl groups excluding tert-OH is 1. The summed E-state index contributed by atoms with van der Waals surface area (Å²) in [4.78, 5) is 0.496. The fourth-order valence-electron chi connectivity index (χ4n) is 12.5. The Kier molecular flexibility index (Phi) is 26.5. The van der Waals surface area contributed by atoms with Crippen molar-refractivity contribution in [2.45, 2.75) is 116 Å². The number of hydrogen-bond acceptors (Lipinski definition) is 22. The fourth-order valence-corrected chi connectivity index (χ4v) is 20.1. The van der Waals surface area contributed by atoms with Gasteiger partial charge >= 0.3 is 0 Å². The molecule has 3 aliphatic heterocycles. The first-order chi connectivity index (χ1) is 56.1. The van der Waals surface area contributed by atoms with E-state index in [2.05, 4.69) is 16.0 Å². The maximum atomic E-state index is 13.5. The summed E-state index contributed by atoms with van der Waals surface area (Å²) in [5, 5.41) is 18.6. The lowest BCUT2D eigenvalue weighted by Crippen LogP contribution is -2.34. The van der Waals surface area contributed by atoms with Crippen molar-refractivity contribution in [2.24, 2.45) is 0 Å². The molecule has 3 aliphatic rings. The zero-order valence-electron chi connectivity index (χ0n) is 62.4. The van der Waals surface area contributed by atoms with Crippen LogP contribution in [-0.4, -0.2) is 113 Å². The molecule has 15 rings (SSSR count). The van der Waals surface area contributed by atoms with Crippen molar-refractivity contribution < 1.29 is 92.8 Å². The SMILES string of the molecule is O=S(=O)(c1ccc(F)cc1)c1ccc(Oc2ccc(S(=O)(=O)c3ccc(Oc4ccc(S(=O)(=O)c5ccc(F)cc5)cc4)cc3)cc2)cc1.O=S(=O)(c1ccc(Oc2ccc(S(=O)(=O)c3ccc(OC4CCNCC4)cc3)cc2)cc1)c1ccc(Oc2ccc(S(=O)(=O)c3ccc(OC4CCNCC4)cc3)cc2)cc1.OC1CCNCC1. The van der Waals surface area contributed by atoms with Crippen LogP contribution in [0.4, 0.5) is 8.78 Å². The Morgan fingerprint density at radius 2 is 0.350 bits per heavy atom. The second-order valence-electron chi connectivity index (χ2n) is 27.2. The van der Waals surface area contributed by atoms with E-state index in [-0.39, 0.29) is 77.1 Å². The van der Waals surface area contributed by atoms with Crippen LogP contribution in [0.5, 0.6) is 57.5 Å². The molecule has 0 bridgehead atoms. The van der Waals surface area contributed by atoms with E-state index in [0.29, 0.717) is 57.5 Å². The van der Waals surface area contributed by atoms with Crippen LogP contribution in [0.2, 0.25) is 0 Å². The van der Waals surface area contributed by atoms with Crippen molar-refractivity contribution >= 4 is 59.0 Å². The Hall–Kier alpha value is -11.2. The predicted octanol–water partition coefficient (Wildman–Crippen LogP) is 15.8. The van der Waals surface area contributed by atoms with Crippen molar-refractivity contribution in [3.63, 3.8) is 0 Å². The van der Waals surface area contributed by atoms with Gasteiger partial charge in [-0.2, -0.15) is 0 Å². The van der Waals surface area contributed by atoms with E-state index in [1.54, 1.807) is 48.5 Å². The van der Waals surface area contributed by atoms with Crippen LogP contribution in [-0.2, 0) is 59.0 Å². The van der Waals surface area contributed by atoms with Crippen molar-refractivity contribution in [3.05, 3.63) is 303 Å². The molecule has 0 amide bonds. The average molecular weight is 1700 g/mol. The first-order valence-corrected chi connectivity index (χ1v) is 45.9. The lowest BCUT2D eigenvalue weighted by atomic mass is 10.1. The van der Waals surface area contributed by atoms with E-state index in [1.807, 2.05) is 0 Å². The van der Waals surface area contributed by atoms with Gasteiger partial charge in [0, 0.05) is 0 Å². The van der Waals surface area contributed by atoms with Crippen LogP contribution in [0, 0.1) is 11.6 Å². The van der Waals surface area contributed by atoms with Gasteiger partial charge in [-0.05, 0) is 369 Å². The number of benzene rings is 12. The summed E-state index contributed by atoms with van der Waals surface area (Å²) in [6, 6.07) is 68.3. The zero-order chi connectivity index (χ0) is 82.4. The van der Waals surface area contributed by atoms with Crippen LogP contribution in [0.1, 0.15) is 38.5 Å². The second kappa shape index (κ2) is 37.0. The molecule has 12 aromatic carbocycles. The van der Waals surface area contributed by atoms with E-state index < -0.39 is 70.7 Å². The second-order valence-corrected chi connectivity index (χ2v) is 38.9. The molecule has 117 heavy (non-hydrogen) atoms. The topological polar surface area (TPSA) is 317 Å². The first kappa shape index (κ1) is 83.8. The first-order valence-electron chi connectivity index (χ1n) is 37.0. The molecule has 0 aliphatic carbocycles. The monoisotopic (exact) mass is 1700 g/mol. The van der Waals surface area contributed by atoms with Gasteiger partial charge in [0.2, 0.25) is 59.0 Å². The molecule has 0 saturated carbocycles. The summed E-state index contributed by atoms with van der Waals surface area (Å²) < 4.78 is 220. The highest BCUT2D eigenvalue weighted by atomic mass is 32.2. The Balaban J connectivity index is 0.000000191. The fraction of sp³-hybridized carbons (Fsp3) is 0.172. The number of nitrogens with one attached hydrogen (secondary N) is 3. The number of aliphatic hydroxyl groups is 1. The number of halogens is 2. The molecule has 0 atom stereocenters. The molecule has 3 fully saturated rings. The van der Waals surface area contributed by atoms with E-state index in [1.165, 1.54) is 218 Å². The summed E-state index contributed by atoms with van der Waals surface area (Å²) in [5.74, 6) is 2.88. The Labute approximate surface area is 678 Å². The van der Waals surface area contributed by atoms with Crippen LogP contribution < -0.4 is 44.4 Å². The van der Waals surface area contributed by atoms with Gasteiger partial charge in [0.1, 0.15) is 81.3 Å². The molecule has 0 aromatic heterocycles. The van der Waals surface area contributed by atoms with Crippen molar-refractivity contribution in [3.8, 4) is 57.5 Å². The molecule has 0 unspecified atom stereocenters. The van der Waals surface area contributed by atoms with Crippen molar-refractivity contribution in [1.82, 2.24) is 16.0 Å². The molecule has 3 saturated heterocycles. The lowest BCUT2D eigenvalue weighted by molar-refractivity contribution is 0.137. The zero-order valence-corrected chi connectivity index (χ0v) is 67.3. The summed E-state index contributed by atoms with van der Waals surface area (Å²) in [6.45, 7) is 5.55. The third kappa shape index (κ3) is 21.2. The molecule has 0 spiro atoms. The maximum absolute atomic E-state index is 13.5. The summed E-state index contributed by atoms with van der Waals surface area (Å²) >= 11 is 0. The number of rotatable bonds is 24. The molecule has 4 N–H and O–H groups in total. The van der Waals surface area contributed by atoms with Gasteiger partial charge in [-0.3, -0.25) is 0 Å². The maximum Gasteiger partial charge on any atom is 0.206 e. The van der Waals surface area contributed by atoms with Gasteiger partial charge in [-0.15, -0.1) is 0 Å². The highest BCUT2D eigenvalue weighted by molar-refractivity contribution is 7.93. The minimum Gasteiger partial charge on any atom is -0.490 e. The smallest absolute Gasteiger partial charge is 0.206 e. The van der Waals surface area contributed by atoms with Gasteiger partial charge in [-0.25, -0.2) is 59.3 Å². The highest BCUT2D eigenvalue weighted by Crippen LogP contribution is 2.36. The van der Waals surface area contributed by atoms with E-state index in [9.17, 15) is 59.3 Å². The van der Waals surface area contributed by atoms with E-state index in [0.717, 1.165) is 102 Å². The normalized spacial score (nSPS) is 14.6. The highest BCUT2D eigenvalue weighted by Gasteiger charge is 2.26. The minimum absolute atomic E-state index is 0.00352. The Bertz CT molecular complexity index is 5740. The van der Waals surface area contributed by atoms with E-state index in [4.69, 9.17) is 33.5 Å². The summed E-state index contributed by atoms with van der Waals surface area (Å²) in [6.07, 6.45) is 5.64. The van der Waals surface area contributed by atoms with Gasteiger partial charge in [0.25, 0.3) is 0 Å². The Morgan fingerprint density at radius 3 is 0.496 bits per heavy atom. The van der Waals surface area contributed by atoms with E-state index >= 15 is 0 Å². The minimum atomic E-state index is -3.91. The van der Waals surface area contributed by atoms with Crippen molar-refractivity contribution in [1.29, 1.82) is 0 Å². The van der Waals surface area contributed by atoms with Gasteiger partial charge in [0.05, 0.1) is 64.8 Å². The van der Waals surface area contributed by atoms with Gasteiger partial charge < -0.3 is 49.5 Å². The predicted molar refractivity (Wildman–Crippen MR) is 431 cm³/mol. The molecule has 30 heteroatoms. The molecule has 12 aromatic rings. The average Bonchev–Trinajstić information content (AvgIpc) is 0.823. The third-order valence-electron chi connectivity index (χ3n) is 19.0. The third-order valence-corrected chi connectivity index (χ3v) is 29.7. The largest absolute Gasteiger partial charge is 0.490 e. The number of sulfone groups is 6. The van der Waals surface area contributed by atoms with Gasteiger partial charge in [-0.1, -0.05) is 0 Å². The van der Waals surface area contributed by atoms with Gasteiger partial charge in [0.15, 0.2) is 0 Å². The molecule has 22 nitrogen and oxygen atoms in total. The molecule has 606 valence electrons. The molecular weight excluding hydrogens is 1620 g/mol. The molecule has 3 heterocycles. The molecule has 0 radical (unpaired) electrons. The number of piperidine rings is 3.